The van der Waals surface area contributed by atoms with E-state index in [4.69, 9.17) is 4.42 Å². The Labute approximate surface area is 153 Å². The van der Waals surface area contributed by atoms with E-state index < -0.39 is 0 Å². The summed E-state index contributed by atoms with van der Waals surface area (Å²) in [6.45, 7) is 3.83. The lowest BCUT2D eigenvalue weighted by Gasteiger charge is -2.01. The SMILES string of the molecule is Cc1ccc(C(=O)Nc2nc(-c3oc4ccc(F)cc4c3C)cs2)cc1. The lowest BCUT2D eigenvalue weighted by atomic mass is 10.1. The molecule has 6 heteroatoms. The van der Waals surface area contributed by atoms with Gasteiger partial charge in [-0.3, -0.25) is 10.1 Å². The molecule has 4 rings (SSSR count). The molecular formula is C20H15FN2O2S. The maximum Gasteiger partial charge on any atom is 0.257 e. The van der Waals surface area contributed by atoms with Crippen molar-refractivity contribution < 1.29 is 13.6 Å². The molecule has 2 aromatic carbocycles. The van der Waals surface area contributed by atoms with Crippen LogP contribution >= 0.6 is 11.3 Å². The number of hydrogen-bond donors (Lipinski definition) is 1. The standard InChI is InChI=1S/C20H15FN2O2S/c1-11-3-5-13(6-4-11)19(24)23-20-22-16(10-26-20)18-12(2)15-9-14(21)7-8-17(15)25-18/h3-10H,1-2H3,(H,22,23,24). The van der Waals surface area contributed by atoms with Crippen molar-refractivity contribution in [1.82, 2.24) is 4.98 Å². The predicted molar refractivity (Wildman–Crippen MR) is 101 cm³/mol. The Morgan fingerprint density at radius 2 is 1.92 bits per heavy atom. The van der Waals surface area contributed by atoms with E-state index in [0.717, 1.165) is 16.5 Å². The van der Waals surface area contributed by atoms with Crippen LogP contribution in [0.1, 0.15) is 21.5 Å². The number of aromatic nitrogens is 1. The Morgan fingerprint density at radius 3 is 2.69 bits per heavy atom. The highest BCUT2D eigenvalue weighted by molar-refractivity contribution is 7.14. The average molecular weight is 366 g/mol. The van der Waals surface area contributed by atoms with Crippen LogP contribution < -0.4 is 5.32 Å². The van der Waals surface area contributed by atoms with Crippen molar-refractivity contribution in [2.75, 3.05) is 5.32 Å². The minimum Gasteiger partial charge on any atom is -0.454 e. The van der Waals surface area contributed by atoms with Crippen molar-refractivity contribution in [3.63, 3.8) is 0 Å². The van der Waals surface area contributed by atoms with Crippen LogP contribution in [0.2, 0.25) is 0 Å². The number of halogens is 1. The smallest absolute Gasteiger partial charge is 0.257 e. The van der Waals surface area contributed by atoms with Crippen LogP contribution in [0.5, 0.6) is 0 Å². The normalized spacial score (nSPS) is 11.0. The van der Waals surface area contributed by atoms with Crippen LogP contribution in [-0.4, -0.2) is 10.9 Å². The first kappa shape index (κ1) is 16.5. The van der Waals surface area contributed by atoms with Gasteiger partial charge in [0.2, 0.25) is 0 Å². The van der Waals surface area contributed by atoms with Crippen molar-refractivity contribution >= 4 is 33.3 Å². The summed E-state index contributed by atoms with van der Waals surface area (Å²) in [6, 6.07) is 11.7. The molecule has 26 heavy (non-hydrogen) atoms. The van der Waals surface area contributed by atoms with Crippen molar-refractivity contribution in [3.05, 3.63) is 70.4 Å². The molecule has 0 atom stereocenters. The summed E-state index contributed by atoms with van der Waals surface area (Å²) in [5.74, 6) is 0.0595. The van der Waals surface area contributed by atoms with E-state index in [1.807, 2.05) is 31.4 Å². The third-order valence-electron chi connectivity index (χ3n) is 4.17. The van der Waals surface area contributed by atoms with Crippen molar-refractivity contribution in [3.8, 4) is 11.5 Å². The molecular weight excluding hydrogens is 351 g/mol. The van der Waals surface area contributed by atoms with Gasteiger partial charge in [-0.1, -0.05) is 17.7 Å². The Morgan fingerprint density at radius 1 is 1.15 bits per heavy atom. The maximum atomic E-state index is 13.5. The van der Waals surface area contributed by atoms with Crippen LogP contribution in [0.4, 0.5) is 9.52 Å². The van der Waals surface area contributed by atoms with Crippen molar-refractivity contribution in [2.45, 2.75) is 13.8 Å². The van der Waals surface area contributed by atoms with E-state index in [0.29, 0.717) is 27.7 Å². The maximum absolute atomic E-state index is 13.5. The largest absolute Gasteiger partial charge is 0.454 e. The van der Waals surface area contributed by atoms with Gasteiger partial charge in [0.1, 0.15) is 17.1 Å². The summed E-state index contributed by atoms with van der Waals surface area (Å²) in [6.07, 6.45) is 0. The van der Waals surface area contributed by atoms with Crippen LogP contribution in [0.25, 0.3) is 22.4 Å². The number of carbonyl (C=O) groups excluding carboxylic acids is 1. The van der Waals surface area contributed by atoms with E-state index in [1.165, 1.54) is 23.5 Å². The molecule has 1 amide bonds. The zero-order chi connectivity index (χ0) is 18.3. The monoisotopic (exact) mass is 366 g/mol. The number of amides is 1. The quantitative estimate of drug-likeness (QED) is 0.516. The van der Waals surface area contributed by atoms with Gasteiger partial charge >= 0.3 is 0 Å². The van der Waals surface area contributed by atoms with Gasteiger partial charge in [0.05, 0.1) is 0 Å². The molecule has 2 aromatic heterocycles. The summed E-state index contributed by atoms with van der Waals surface area (Å²) in [7, 11) is 0. The molecule has 0 unspecified atom stereocenters. The van der Waals surface area contributed by atoms with Crippen LogP contribution in [0.3, 0.4) is 0 Å². The first-order valence-corrected chi connectivity index (χ1v) is 8.92. The molecule has 0 aliphatic rings. The molecule has 4 nitrogen and oxygen atoms in total. The molecule has 0 saturated carbocycles. The van der Waals surface area contributed by atoms with Crippen LogP contribution in [0.15, 0.2) is 52.3 Å². The summed E-state index contributed by atoms with van der Waals surface area (Å²) < 4.78 is 19.3. The number of furan rings is 1. The number of anilines is 1. The second-order valence-corrected chi connectivity index (χ2v) is 6.91. The molecule has 0 saturated heterocycles. The van der Waals surface area contributed by atoms with Crippen molar-refractivity contribution in [2.24, 2.45) is 0 Å². The molecule has 130 valence electrons. The zero-order valence-electron chi connectivity index (χ0n) is 14.2. The number of nitrogens with one attached hydrogen (secondary N) is 1. The van der Waals surface area contributed by atoms with Gasteiger partial charge in [0.25, 0.3) is 5.91 Å². The first-order valence-electron chi connectivity index (χ1n) is 8.04. The molecule has 1 N–H and O–H groups in total. The average Bonchev–Trinajstić information content (AvgIpc) is 3.20. The van der Waals surface area contributed by atoms with Gasteiger partial charge in [-0.15, -0.1) is 11.3 Å². The number of aryl methyl sites for hydroxylation is 2. The molecule has 0 radical (unpaired) electrons. The van der Waals surface area contributed by atoms with E-state index in [1.54, 1.807) is 18.2 Å². The third kappa shape index (κ3) is 2.99. The zero-order valence-corrected chi connectivity index (χ0v) is 15.0. The van der Waals surface area contributed by atoms with Gasteiger partial charge < -0.3 is 4.42 Å². The minimum atomic E-state index is -0.308. The number of rotatable bonds is 3. The molecule has 4 aromatic rings. The lowest BCUT2D eigenvalue weighted by molar-refractivity contribution is 0.102. The van der Waals surface area contributed by atoms with E-state index >= 15 is 0 Å². The molecule has 0 bridgehead atoms. The highest BCUT2D eigenvalue weighted by Crippen LogP contribution is 2.34. The number of fused-ring (bicyclic) bond motifs is 1. The Bertz CT molecular complexity index is 1110. The fourth-order valence-electron chi connectivity index (χ4n) is 2.75. The molecule has 2 heterocycles. The van der Waals surface area contributed by atoms with Gasteiger partial charge in [0.15, 0.2) is 10.9 Å². The topological polar surface area (TPSA) is 55.1 Å². The summed E-state index contributed by atoms with van der Waals surface area (Å²) in [4.78, 5) is 16.7. The summed E-state index contributed by atoms with van der Waals surface area (Å²) in [5.41, 5.74) is 3.71. The van der Waals surface area contributed by atoms with Crippen LogP contribution in [-0.2, 0) is 0 Å². The van der Waals surface area contributed by atoms with E-state index in [2.05, 4.69) is 10.3 Å². The number of carbonyl (C=O) groups is 1. The second-order valence-electron chi connectivity index (χ2n) is 6.05. The summed E-state index contributed by atoms with van der Waals surface area (Å²) in [5, 5.41) is 5.81. The van der Waals surface area contributed by atoms with Gasteiger partial charge in [-0.25, -0.2) is 9.37 Å². The Balaban J connectivity index is 1.61. The van der Waals surface area contributed by atoms with E-state index in [-0.39, 0.29) is 11.7 Å². The highest BCUT2D eigenvalue weighted by atomic mass is 32.1. The van der Waals surface area contributed by atoms with Gasteiger partial charge in [-0.05, 0) is 44.2 Å². The molecule has 0 aliphatic carbocycles. The number of nitrogens with zero attached hydrogens (tertiary/aromatic N) is 1. The lowest BCUT2D eigenvalue weighted by Crippen LogP contribution is -2.11. The number of hydrogen-bond acceptors (Lipinski definition) is 4. The van der Waals surface area contributed by atoms with Crippen molar-refractivity contribution in [1.29, 1.82) is 0 Å². The predicted octanol–water partition coefficient (Wildman–Crippen LogP) is 5.56. The fourth-order valence-corrected chi connectivity index (χ4v) is 3.43. The van der Waals surface area contributed by atoms with Crippen LogP contribution in [0, 0.1) is 19.7 Å². The highest BCUT2D eigenvalue weighted by Gasteiger charge is 2.17. The minimum absolute atomic E-state index is 0.214. The Kier molecular flexibility index (Phi) is 4.05. The molecule has 0 fully saturated rings. The summed E-state index contributed by atoms with van der Waals surface area (Å²) >= 11 is 1.32. The second kappa shape index (κ2) is 6.38. The fraction of sp³-hybridized carbons (Fsp3) is 0.100. The first-order chi connectivity index (χ1) is 12.5. The number of thiazole rings is 1. The van der Waals surface area contributed by atoms with Gasteiger partial charge in [-0.2, -0.15) is 0 Å². The number of benzene rings is 2. The third-order valence-corrected chi connectivity index (χ3v) is 4.93. The van der Waals surface area contributed by atoms with Gasteiger partial charge in [0, 0.05) is 21.9 Å². The van der Waals surface area contributed by atoms with E-state index in [9.17, 15) is 9.18 Å². The molecule has 0 spiro atoms. The molecule has 0 aliphatic heterocycles. The Hall–Kier alpha value is -2.99.